The van der Waals surface area contributed by atoms with Gasteiger partial charge in [0, 0.05) is 44.2 Å². The second-order valence-corrected chi connectivity index (χ2v) is 13.6. The van der Waals surface area contributed by atoms with Gasteiger partial charge in [-0.2, -0.15) is 0 Å². The summed E-state index contributed by atoms with van der Waals surface area (Å²) in [5.41, 5.74) is 12.8. The van der Waals surface area contributed by atoms with Crippen molar-refractivity contribution in [2.75, 3.05) is 16.8 Å². The lowest BCUT2D eigenvalue weighted by atomic mass is 9.97. The summed E-state index contributed by atoms with van der Waals surface area (Å²) in [5.74, 6) is 0.464. The number of aromatic nitrogens is 4. The van der Waals surface area contributed by atoms with Crippen LogP contribution in [-0.2, 0) is 39.3 Å². The van der Waals surface area contributed by atoms with E-state index < -0.39 is 6.29 Å². The molecule has 4 aromatic carbocycles. The average Bonchev–Trinajstić information content (AvgIpc) is 3.60. The van der Waals surface area contributed by atoms with Gasteiger partial charge < -0.3 is 30.9 Å². The summed E-state index contributed by atoms with van der Waals surface area (Å²) in [6, 6.07) is 31.1. The van der Waals surface area contributed by atoms with E-state index in [4.69, 9.17) is 15.2 Å². The van der Waals surface area contributed by atoms with Crippen LogP contribution in [0.2, 0.25) is 0 Å². The highest BCUT2D eigenvalue weighted by Crippen LogP contribution is 2.40. The quantitative estimate of drug-likeness (QED) is 0.0563. The molecule has 0 saturated carbocycles. The number of carbonyl (C=O) groups is 2. The predicted molar refractivity (Wildman–Crippen MR) is 200 cm³/mol. The first-order chi connectivity index (χ1) is 25.4. The molecule has 0 radical (unpaired) electrons. The monoisotopic (exact) mass is 721 g/mol. The number of nitrogens with two attached hydrogens (primary N) is 1. The molecule has 5 aromatic rings. The van der Waals surface area contributed by atoms with Gasteiger partial charge in [-0.05, 0) is 63.2 Å². The molecule has 0 spiro atoms. The Hall–Kier alpha value is -5.08. The number of carbonyl (C=O) groups excluding carboxylic acids is 2. The van der Waals surface area contributed by atoms with E-state index in [0.717, 1.165) is 33.4 Å². The molecular formula is C39H43N7O5S. The number of para-hydroxylation sites is 2. The molecular weight excluding hydrogens is 679 g/mol. The number of aliphatic hydroxyl groups excluding tert-OH is 1. The number of hydrogen-bond donors (Lipinski definition) is 4. The van der Waals surface area contributed by atoms with Gasteiger partial charge in [-0.15, -0.1) is 5.10 Å². The van der Waals surface area contributed by atoms with Crippen LogP contribution in [-0.4, -0.2) is 49.0 Å². The number of tetrazole rings is 1. The van der Waals surface area contributed by atoms with Gasteiger partial charge in [-0.25, -0.2) is 4.68 Å². The molecule has 1 fully saturated rings. The zero-order valence-electron chi connectivity index (χ0n) is 29.0. The Balaban J connectivity index is 1.05. The molecule has 13 heteroatoms. The summed E-state index contributed by atoms with van der Waals surface area (Å²) in [6.07, 6.45) is 1.58. The van der Waals surface area contributed by atoms with E-state index in [1.807, 2.05) is 92.0 Å². The first-order valence-electron chi connectivity index (χ1n) is 17.3. The molecule has 6 rings (SSSR count). The Bertz CT molecular complexity index is 1940. The van der Waals surface area contributed by atoms with Crippen LogP contribution in [0.5, 0.6) is 0 Å². The molecule has 2 amide bonds. The van der Waals surface area contributed by atoms with Crippen LogP contribution in [0.4, 0.5) is 11.4 Å². The van der Waals surface area contributed by atoms with Crippen LogP contribution < -0.4 is 16.4 Å². The maximum Gasteiger partial charge on any atom is 0.224 e. The minimum absolute atomic E-state index is 0.0155. The molecule has 1 aromatic heterocycles. The predicted octanol–water partition coefficient (Wildman–Crippen LogP) is 6.10. The highest BCUT2D eigenvalue weighted by atomic mass is 32.2. The lowest BCUT2D eigenvalue weighted by Gasteiger charge is -2.36. The molecule has 0 aliphatic carbocycles. The summed E-state index contributed by atoms with van der Waals surface area (Å²) in [6.45, 7) is 0.370. The van der Waals surface area contributed by atoms with Gasteiger partial charge in [0.1, 0.15) is 0 Å². The number of aliphatic hydroxyl groups is 1. The Morgan fingerprint density at radius 3 is 2.35 bits per heavy atom. The third-order valence-electron chi connectivity index (χ3n) is 8.87. The third-order valence-corrected chi connectivity index (χ3v) is 10.0. The van der Waals surface area contributed by atoms with Gasteiger partial charge in [0.25, 0.3) is 0 Å². The maximum atomic E-state index is 12.7. The molecule has 52 heavy (non-hydrogen) atoms. The van der Waals surface area contributed by atoms with Crippen molar-refractivity contribution in [2.45, 2.75) is 68.9 Å². The fraction of sp³-hybridized carbons (Fsp3) is 0.308. The molecule has 2 heterocycles. The van der Waals surface area contributed by atoms with E-state index in [-0.39, 0.29) is 30.6 Å². The smallest absolute Gasteiger partial charge is 0.224 e. The summed E-state index contributed by atoms with van der Waals surface area (Å²) in [7, 11) is 1.81. The number of benzene rings is 4. The number of aryl methyl sites for hydroxylation is 1. The minimum Gasteiger partial charge on any atom is -0.397 e. The zero-order chi connectivity index (χ0) is 36.3. The van der Waals surface area contributed by atoms with Crippen molar-refractivity contribution in [3.8, 4) is 11.1 Å². The third kappa shape index (κ3) is 9.82. The fourth-order valence-electron chi connectivity index (χ4n) is 5.99. The number of ether oxygens (including phenoxy) is 2. The van der Waals surface area contributed by atoms with Crippen LogP contribution >= 0.6 is 11.8 Å². The Labute approximate surface area is 307 Å². The van der Waals surface area contributed by atoms with Crippen molar-refractivity contribution >= 4 is 35.0 Å². The first kappa shape index (κ1) is 36.7. The largest absolute Gasteiger partial charge is 0.397 e. The maximum absolute atomic E-state index is 12.7. The average molecular weight is 722 g/mol. The molecule has 270 valence electrons. The van der Waals surface area contributed by atoms with Crippen molar-refractivity contribution in [1.29, 1.82) is 0 Å². The number of unbranched alkanes of at least 4 members (excludes halogenated alkanes) is 1. The normalized spacial score (nSPS) is 17.1. The Morgan fingerprint density at radius 2 is 1.62 bits per heavy atom. The van der Waals surface area contributed by atoms with E-state index in [1.54, 1.807) is 16.8 Å². The highest BCUT2D eigenvalue weighted by molar-refractivity contribution is 7.99. The van der Waals surface area contributed by atoms with Gasteiger partial charge >= 0.3 is 0 Å². The summed E-state index contributed by atoms with van der Waals surface area (Å²) in [5, 5.41) is 27.9. The van der Waals surface area contributed by atoms with Crippen molar-refractivity contribution in [3.63, 3.8) is 0 Å². The molecule has 0 unspecified atom stereocenters. The molecule has 1 saturated heterocycles. The first-order valence-corrected chi connectivity index (χ1v) is 18.3. The van der Waals surface area contributed by atoms with Crippen molar-refractivity contribution < 1.29 is 24.2 Å². The second-order valence-electron chi connectivity index (χ2n) is 12.6. The van der Waals surface area contributed by atoms with Gasteiger partial charge in [0.05, 0.1) is 30.2 Å². The molecule has 1 aliphatic rings. The SMILES string of the molecule is Cn1nnnc1SC[C@H]1C[C@@H](c2ccc(CO)cc2)O[C@@H](c2ccc(-c3ccccc3CNC(=O)CCCCC(=O)Nc3ccccc3N)cc2)O1. The molecule has 0 bridgehead atoms. The van der Waals surface area contributed by atoms with Gasteiger partial charge in [-0.3, -0.25) is 9.59 Å². The summed E-state index contributed by atoms with van der Waals surface area (Å²) < 4.78 is 14.7. The lowest BCUT2D eigenvalue weighted by Crippen LogP contribution is -2.31. The van der Waals surface area contributed by atoms with E-state index in [1.165, 1.54) is 11.8 Å². The zero-order valence-corrected chi connectivity index (χ0v) is 29.8. The standard InChI is InChI=1S/C39H43N7O5S/c1-46-39(43-44-45-46)52-25-31-22-35(28-16-14-26(24-47)15-17-28)51-38(50-31)29-20-18-27(19-21-29)32-9-3-2-8-30(32)23-41-36(48)12-6-7-13-37(49)42-34-11-5-4-10-33(34)40/h2-5,8-11,14-21,31,35,38,47H,6-7,12-13,22-25,40H2,1H3,(H,41,48)(H,42,49)/t31-,35+,38+/m1/s1. The van der Waals surface area contributed by atoms with Crippen LogP contribution in [0.1, 0.15) is 66.8 Å². The number of anilines is 2. The van der Waals surface area contributed by atoms with Crippen LogP contribution in [0.15, 0.2) is 102 Å². The molecule has 1 aliphatic heterocycles. The number of hydrogen-bond acceptors (Lipinski definition) is 10. The highest BCUT2D eigenvalue weighted by Gasteiger charge is 2.32. The number of amides is 2. The minimum atomic E-state index is -0.592. The van der Waals surface area contributed by atoms with Gasteiger partial charge in [-0.1, -0.05) is 96.7 Å². The van der Waals surface area contributed by atoms with Crippen LogP contribution in [0.3, 0.4) is 0 Å². The topological polar surface area (TPSA) is 167 Å². The van der Waals surface area contributed by atoms with E-state index in [9.17, 15) is 14.7 Å². The second kappa shape index (κ2) is 17.9. The lowest BCUT2D eigenvalue weighted by molar-refractivity contribution is -0.245. The van der Waals surface area contributed by atoms with E-state index >= 15 is 0 Å². The summed E-state index contributed by atoms with van der Waals surface area (Å²) in [4.78, 5) is 25.0. The van der Waals surface area contributed by atoms with Crippen LogP contribution in [0, 0.1) is 0 Å². The molecule has 5 N–H and O–H groups in total. The molecule has 3 atom stereocenters. The van der Waals surface area contributed by atoms with E-state index in [0.29, 0.717) is 60.9 Å². The Kier molecular flexibility index (Phi) is 12.6. The van der Waals surface area contributed by atoms with Crippen molar-refractivity contribution in [3.05, 3.63) is 119 Å². The summed E-state index contributed by atoms with van der Waals surface area (Å²) >= 11 is 1.54. The van der Waals surface area contributed by atoms with Crippen LogP contribution in [0.25, 0.3) is 11.1 Å². The van der Waals surface area contributed by atoms with Crippen molar-refractivity contribution in [2.24, 2.45) is 7.05 Å². The van der Waals surface area contributed by atoms with Gasteiger partial charge in [0.2, 0.25) is 17.0 Å². The van der Waals surface area contributed by atoms with Gasteiger partial charge in [0.15, 0.2) is 6.29 Å². The number of nitrogens with one attached hydrogen (secondary N) is 2. The number of nitrogen functional groups attached to an aromatic ring is 1. The molecule has 12 nitrogen and oxygen atoms in total. The Morgan fingerprint density at radius 1 is 0.904 bits per heavy atom. The van der Waals surface area contributed by atoms with Crippen molar-refractivity contribution in [1.82, 2.24) is 25.5 Å². The number of rotatable bonds is 15. The van der Waals surface area contributed by atoms with E-state index in [2.05, 4.69) is 26.2 Å². The number of nitrogens with zero attached hydrogens (tertiary/aromatic N) is 4. The number of thioether (sulfide) groups is 1. The fourth-order valence-corrected chi connectivity index (χ4v) is 6.85.